The number of hydrogen-bond donors (Lipinski definition) is 2. The summed E-state index contributed by atoms with van der Waals surface area (Å²) < 4.78 is 0. The zero-order valence-corrected chi connectivity index (χ0v) is 12.9. The fourth-order valence-corrected chi connectivity index (χ4v) is 2.03. The lowest BCUT2D eigenvalue weighted by atomic mass is 10.2. The maximum absolute atomic E-state index is 12.2. The molecule has 2 N–H and O–H groups in total. The number of nitrogens with zero attached hydrogens (tertiary/aromatic N) is 4. The lowest BCUT2D eigenvalue weighted by Gasteiger charge is -2.07. The Morgan fingerprint density at radius 2 is 1.79 bits per heavy atom. The third kappa shape index (κ3) is 4.33. The summed E-state index contributed by atoms with van der Waals surface area (Å²) in [6, 6.07) is 9.09. The molecule has 0 fully saturated rings. The molecule has 3 aromatic heterocycles. The summed E-state index contributed by atoms with van der Waals surface area (Å²) in [4.78, 5) is 28.5. The van der Waals surface area contributed by atoms with Crippen LogP contribution in [-0.2, 0) is 13.1 Å². The summed E-state index contributed by atoms with van der Waals surface area (Å²) in [5.41, 5.74) is 2.30. The Hall–Kier alpha value is -3.35. The van der Waals surface area contributed by atoms with Gasteiger partial charge in [-0.05, 0) is 35.4 Å². The largest absolute Gasteiger partial charge is 0.350 e. The molecule has 120 valence electrons. The maximum Gasteiger partial charge on any atom is 0.270 e. The Morgan fingerprint density at radius 3 is 2.58 bits per heavy atom. The molecule has 0 saturated carbocycles. The summed E-state index contributed by atoms with van der Waals surface area (Å²) >= 11 is 0. The van der Waals surface area contributed by atoms with Gasteiger partial charge in [0.1, 0.15) is 5.69 Å². The summed E-state index contributed by atoms with van der Waals surface area (Å²) in [5.74, 6) is 0.147. The second-order valence-electron chi connectivity index (χ2n) is 5.02. The molecule has 0 bridgehead atoms. The van der Waals surface area contributed by atoms with Gasteiger partial charge in [-0.25, -0.2) is 9.97 Å². The Balaban J connectivity index is 1.59. The number of carbonyl (C=O) groups excluding carboxylic acids is 1. The van der Waals surface area contributed by atoms with Crippen LogP contribution in [0.4, 0.5) is 5.95 Å². The molecule has 0 atom stereocenters. The smallest absolute Gasteiger partial charge is 0.270 e. The first-order chi connectivity index (χ1) is 11.8. The molecule has 1 amide bonds. The van der Waals surface area contributed by atoms with Crippen LogP contribution < -0.4 is 10.6 Å². The highest BCUT2D eigenvalue weighted by atomic mass is 16.1. The van der Waals surface area contributed by atoms with Gasteiger partial charge in [-0.1, -0.05) is 6.07 Å². The molecule has 0 aliphatic heterocycles. The minimum atomic E-state index is -0.251. The molecule has 0 spiro atoms. The van der Waals surface area contributed by atoms with Gasteiger partial charge in [-0.3, -0.25) is 14.8 Å². The predicted molar refractivity (Wildman–Crippen MR) is 89.0 cm³/mol. The number of anilines is 1. The zero-order valence-electron chi connectivity index (χ0n) is 12.9. The highest BCUT2D eigenvalue weighted by molar-refractivity contribution is 5.92. The molecule has 3 heterocycles. The minimum absolute atomic E-state index is 0.251. The average molecular weight is 320 g/mol. The fourth-order valence-electron chi connectivity index (χ4n) is 2.03. The second-order valence-corrected chi connectivity index (χ2v) is 5.02. The lowest BCUT2D eigenvalue weighted by Crippen LogP contribution is -2.24. The summed E-state index contributed by atoms with van der Waals surface area (Å²) in [5, 5.41) is 5.90. The van der Waals surface area contributed by atoms with Gasteiger partial charge in [-0.2, -0.15) is 0 Å². The van der Waals surface area contributed by atoms with Gasteiger partial charge >= 0.3 is 0 Å². The molecular weight excluding hydrogens is 304 g/mol. The number of rotatable bonds is 6. The van der Waals surface area contributed by atoms with Crippen LogP contribution in [0.3, 0.4) is 0 Å². The Kier molecular flexibility index (Phi) is 5.03. The first-order valence-electron chi connectivity index (χ1n) is 7.44. The van der Waals surface area contributed by atoms with E-state index in [1.165, 1.54) is 0 Å². The number of nitrogens with one attached hydrogen (secondary N) is 2. The van der Waals surface area contributed by atoms with Crippen molar-refractivity contribution in [2.45, 2.75) is 13.1 Å². The van der Waals surface area contributed by atoms with E-state index < -0.39 is 0 Å². The van der Waals surface area contributed by atoms with Gasteiger partial charge in [0.25, 0.3) is 5.91 Å². The van der Waals surface area contributed by atoms with Crippen molar-refractivity contribution in [3.63, 3.8) is 0 Å². The standard InChI is InChI=1S/C17H16N6O/c24-16(21-11-13-3-7-18-8-4-13)15-5-9-20-17(23-15)22-12-14-2-1-6-19-10-14/h1-10H,11-12H2,(H,21,24)(H,20,22,23). The Labute approximate surface area is 139 Å². The average Bonchev–Trinajstić information content (AvgIpc) is 2.66. The molecular formula is C17H16N6O. The minimum Gasteiger partial charge on any atom is -0.350 e. The van der Waals surface area contributed by atoms with E-state index in [-0.39, 0.29) is 5.91 Å². The van der Waals surface area contributed by atoms with Crippen molar-refractivity contribution in [3.8, 4) is 0 Å². The Morgan fingerprint density at radius 1 is 0.917 bits per heavy atom. The molecule has 24 heavy (non-hydrogen) atoms. The first-order valence-corrected chi connectivity index (χ1v) is 7.44. The zero-order chi connectivity index (χ0) is 16.6. The van der Waals surface area contributed by atoms with Gasteiger partial charge in [0, 0.05) is 44.1 Å². The molecule has 0 radical (unpaired) electrons. The maximum atomic E-state index is 12.2. The third-order valence-electron chi connectivity index (χ3n) is 3.26. The normalized spacial score (nSPS) is 10.2. The molecule has 3 rings (SSSR count). The van der Waals surface area contributed by atoms with E-state index in [2.05, 4.69) is 30.6 Å². The Bertz CT molecular complexity index is 794. The quantitative estimate of drug-likeness (QED) is 0.719. The number of hydrogen-bond acceptors (Lipinski definition) is 6. The lowest BCUT2D eigenvalue weighted by molar-refractivity contribution is 0.0946. The number of carbonyl (C=O) groups is 1. The molecule has 0 aliphatic carbocycles. The summed E-state index contributed by atoms with van der Waals surface area (Å²) in [6.07, 6.45) is 8.41. The van der Waals surface area contributed by atoms with Gasteiger partial charge < -0.3 is 10.6 Å². The van der Waals surface area contributed by atoms with Crippen LogP contribution in [0.2, 0.25) is 0 Å². The van der Waals surface area contributed by atoms with Crippen molar-refractivity contribution in [1.29, 1.82) is 0 Å². The molecule has 3 aromatic rings. The van der Waals surface area contributed by atoms with E-state index in [9.17, 15) is 4.79 Å². The SMILES string of the molecule is O=C(NCc1ccncc1)c1ccnc(NCc2cccnc2)n1. The second kappa shape index (κ2) is 7.77. The van der Waals surface area contributed by atoms with E-state index in [0.29, 0.717) is 24.7 Å². The topological polar surface area (TPSA) is 92.7 Å². The van der Waals surface area contributed by atoms with E-state index in [0.717, 1.165) is 11.1 Å². The van der Waals surface area contributed by atoms with Gasteiger partial charge in [0.15, 0.2) is 0 Å². The van der Waals surface area contributed by atoms with E-state index in [1.54, 1.807) is 37.1 Å². The number of pyridine rings is 2. The highest BCUT2D eigenvalue weighted by Crippen LogP contribution is 2.04. The van der Waals surface area contributed by atoms with Crippen LogP contribution in [0.25, 0.3) is 0 Å². The van der Waals surface area contributed by atoms with Gasteiger partial charge in [0.2, 0.25) is 5.95 Å². The van der Waals surface area contributed by atoms with Crippen molar-refractivity contribution in [2.75, 3.05) is 5.32 Å². The van der Waals surface area contributed by atoms with Crippen LogP contribution in [0.1, 0.15) is 21.6 Å². The van der Waals surface area contributed by atoms with Gasteiger partial charge in [0.05, 0.1) is 0 Å². The van der Waals surface area contributed by atoms with Crippen LogP contribution in [0.5, 0.6) is 0 Å². The van der Waals surface area contributed by atoms with Crippen molar-refractivity contribution >= 4 is 11.9 Å². The summed E-state index contributed by atoms with van der Waals surface area (Å²) in [7, 11) is 0. The predicted octanol–water partition coefficient (Wildman–Crippen LogP) is 1.81. The highest BCUT2D eigenvalue weighted by Gasteiger charge is 2.08. The van der Waals surface area contributed by atoms with E-state index in [4.69, 9.17) is 0 Å². The molecule has 7 nitrogen and oxygen atoms in total. The van der Waals surface area contributed by atoms with Crippen LogP contribution in [-0.4, -0.2) is 25.8 Å². The fraction of sp³-hybridized carbons (Fsp3) is 0.118. The molecule has 0 unspecified atom stereocenters. The third-order valence-corrected chi connectivity index (χ3v) is 3.26. The van der Waals surface area contributed by atoms with Crippen molar-refractivity contribution in [2.24, 2.45) is 0 Å². The molecule has 0 saturated heterocycles. The van der Waals surface area contributed by atoms with Gasteiger partial charge in [-0.15, -0.1) is 0 Å². The summed E-state index contributed by atoms with van der Waals surface area (Å²) in [6.45, 7) is 0.958. The van der Waals surface area contributed by atoms with E-state index >= 15 is 0 Å². The number of aromatic nitrogens is 4. The van der Waals surface area contributed by atoms with Crippen molar-refractivity contribution in [1.82, 2.24) is 25.3 Å². The molecule has 7 heteroatoms. The molecule has 0 aliphatic rings. The van der Waals surface area contributed by atoms with Crippen molar-refractivity contribution < 1.29 is 4.79 Å². The van der Waals surface area contributed by atoms with Crippen LogP contribution >= 0.6 is 0 Å². The monoisotopic (exact) mass is 320 g/mol. The van der Waals surface area contributed by atoms with Crippen molar-refractivity contribution in [3.05, 3.63) is 78.1 Å². The van der Waals surface area contributed by atoms with E-state index in [1.807, 2.05) is 24.3 Å². The van der Waals surface area contributed by atoms with Crippen LogP contribution in [0.15, 0.2) is 61.3 Å². The first kappa shape index (κ1) is 15.5. The number of amides is 1. The van der Waals surface area contributed by atoms with Crippen LogP contribution in [0, 0.1) is 0 Å². The molecule has 0 aromatic carbocycles.